The van der Waals surface area contributed by atoms with E-state index in [4.69, 9.17) is 0 Å². The molecule has 2 heterocycles. The van der Waals surface area contributed by atoms with Gasteiger partial charge in [0, 0.05) is 21.8 Å². The molecule has 152 valence electrons. The Bertz CT molecular complexity index is 952. The number of rotatable bonds is 7. The lowest BCUT2D eigenvalue weighted by molar-refractivity contribution is -0.113. The van der Waals surface area contributed by atoms with Crippen LogP contribution in [0.4, 0.5) is 5.69 Å². The fraction of sp³-hybridized carbons (Fsp3) is 0.381. The van der Waals surface area contributed by atoms with Crippen molar-refractivity contribution in [3.63, 3.8) is 0 Å². The molecular formula is C21H23BrN4OS2. The number of nitrogens with one attached hydrogen (secondary N) is 1. The van der Waals surface area contributed by atoms with Crippen LogP contribution in [-0.2, 0) is 11.2 Å². The number of thiophene rings is 1. The molecule has 1 aliphatic rings. The summed E-state index contributed by atoms with van der Waals surface area (Å²) in [4.78, 5) is 13.8. The molecule has 1 aliphatic carbocycles. The molecule has 4 rings (SSSR count). The number of carbonyl (C=O) groups excluding carboxylic acids is 1. The maximum atomic E-state index is 12.5. The molecule has 0 saturated heterocycles. The van der Waals surface area contributed by atoms with Crippen LogP contribution in [0.15, 0.2) is 51.4 Å². The molecule has 1 N–H and O–H groups in total. The highest BCUT2D eigenvalue weighted by molar-refractivity contribution is 9.10. The van der Waals surface area contributed by atoms with Crippen molar-refractivity contribution >= 4 is 50.6 Å². The summed E-state index contributed by atoms with van der Waals surface area (Å²) in [5.74, 6) is 1.28. The molecule has 0 unspecified atom stereocenters. The topological polar surface area (TPSA) is 59.8 Å². The van der Waals surface area contributed by atoms with Crippen LogP contribution in [0, 0.1) is 0 Å². The van der Waals surface area contributed by atoms with Crippen molar-refractivity contribution in [2.75, 3.05) is 11.1 Å². The molecule has 0 aliphatic heterocycles. The molecule has 0 bridgehead atoms. The highest BCUT2D eigenvalue weighted by Crippen LogP contribution is 2.33. The standard InChI is InChI=1S/C21H23BrN4OS2/c22-17-10-4-5-11-18(17)23-20(27)14-29-21-25-24-19(13-16-9-6-12-28-16)26(21)15-7-2-1-3-8-15/h4-6,9-12,15H,1-3,7-8,13-14H2,(H,23,27). The third-order valence-electron chi connectivity index (χ3n) is 5.07. The number of nitrogens with zero attached hydrogens (tertiary/aromatic N) is 3. The normalized spacial score (nSPS) is 14.8. The van der Waals surface area contributed by atoms with Crippen molar-refractivity contribution in [1.29, 1.82) is 0 Å². The van der Waals surface area contributed by atoms with Crippen molar-refractivity contribution in [3.05, 3.63) is 57.0 Å². The molecule has 1 aromatic carbocycles. The third-order valence-corrected chi connectivity index (χ3v) is 7.58. The molecule has 1 fully saturated rings. The Kier molecular flexibility index (Phi) is 7.05. The molecule has 29 heavy (non-hydrogen) atoms. The molecule has 1 amide bonds. The first-order chi connectivity index (χ1) is 14.2. The van der Waals surface area contributed by atoms with Crippen LogP contribution >= 0.6 is 39.0 Å². The summed E-state index contributed by atoms with van der Waals surface area (Å²) in [5.41, 5.74) is 0.783. The fourth-order valence-electron chi connectivity index (χ4n) is 3.68. The Morgan fingerprint density at radius 1 is 1.17 bits per heavy atom. The van der Waals surface area contributed by atoms with Gasteiger partial charge in [-0.2, -0.15) is 0 Å². The molecular weight excluding hydrogens is 468 g/mol. The van der Waals surface area contributed by atoms with Crippen LogP contribution < -0.4 is 5.32 Å². The van der Waals surface area contributed by atoms with E-state index < -0.39 is 0 Å². The Morgan fingerprint density at radius 3 is 2.76 bits per heavy atom. The van der Waals surface area contributed by atoms with Gasteiger partial charge in [0.25, 0.3) is 0 Å². The van der Waals surface area contributed by atoms with E-state index in [-0.39, 0.29) is 5.91 Å². The van der Waals surface area contributed by atoms with Crippen LogP contribution in [0.1, 0.15) is 48.8 Å². The minimum absolute atomic E-state index is 0.0418. The van der Waals surface area contributed by atoms with Gasteiger partial charge in [0.2, 0.25) is 5.91 Å². The highest BCUT2D eigenvalue weighted by Gasteiger charge is 2.23. The molecule has 3 aromatic rings. The molecule has 0 radical (unpaired) electrons. The largest absolute Gasteiger partial charge is 0.324 e. The van der Waals surface area contributed by atoms with Crippen LogP contribution in [0.3, 0.4) is 0 Å². The predicted octanol–water partition coefficient (Wildman–Crippen LogP) is 5.93. The average molecular weight is 491 g/mol. The summed E-state index contributed by atoms with van der Waals surface area (Å²) < 4.78 is 3.18. The Balaban J connectivity index is 1.48. The van der Waals surface area contributed by atoms with Crippen molar-refractivity contribution in [1.82, 2.24) is 14.8 Å². The lowest BCUT2D eigenvalue weighted by Gasteiger charge is -2.25. The minimum Gasteiger partial charge on any atom is -0.324 e. The van der Waals surface area contributed by atoms with Gasteiger partial charge in [-0.05, 0) is 52.4 Å². The van der Waals surface area contributed by atoms with E-state index in [1.807, 2.05) is 24.3 Å². The maximum Gasteiger partial charge on any atom is 0.234 e. The predicted molar refractivity (Wildman–Crippen MR) is 123 cm³/mol. The summed E-state index contributed by atoms with van der Waals surface area (Å²) in [7, 11) is 0. The molecule has 0 atom stereocenters. The zero-order valence-corrected chi connectivity index (χ0v) is 19.2. The molecule has 0 spiro atoms. The van der Waals surface area contributed by atoms with Crippen LogP contribution in [0.25, 0.3) is 0 Å². The zero-order valence-electron chi connectivity index (χ0n) is 16.0. The first-order valence-corrected chi connectivity index (χ1v) is 12.5. The Labute approximate surface area is 187 Å². The quantitative estimate of drug-likeness (QED) is 0.417. The number of aromatic nitrogens is 3. The molecule has 8 heteroatoms. The van der Waals surface area contributed by atoms with Gasteiger partial charge in [0.05, 0.1) is 11.4 Å². The first-order valence-electron chi connectivity index (χ1n) is 9.84. The lowest BCUT2D eigenvalue weighted by Crippen LogP contribution is -2.18. The number of anilines is 1. The van der Waals surface area contributed by atoms with Crippen molar-refractivity contribution < 1.29 is 4.79 Å². The summed E-state index contributed by atoms with van der Waals surface area (Å²) in [6.07, 6.45) is 6.90. The van der Waals surface area contributed by atoms with E-state index in [0.717, 1.165) is 40.4 Å². The van der Waals surface area contributed by atoms with Gasteiger partial charge in [0.1, 0.15) is 5.82 Å². The van der Waals surface area contributed by atoms with Crippen molar-refractivity contribution in [2.45, 2.75) is 49.7 Å². The number of benzene rings is 1. The zero-order chi connectivity index (χ0) is 20.1. The lowest BCUT2D eigenvalue weighted by atomic mass is 9.95. The second-order valence-electron chi connectivity index (χ2n) is 7.13. The van der Waals surface area contributed by atoms with Gasteiger partial charge >= 0.3 is 0 Å². The van der Waals surface area contributed by atoms with E-state index in [9.17, 15) is 4.79 Å². The number of thioether (sulfide) groups is 1. The smallest absolute Gasteiger partial charge is 0.234 e. The van der Waals surface area contributed by atoms with E-state index >= 15 is 0 Å². The highest BCUT2D eigenvalue weighted by atomic mass is 79.9. The van der Waals surface area contributed by atoms with Crippen LogP contribution in [-0.4, -0.2) is 26.4 Å². The van der Waals surface area contributed by atoms with Crippen molar-refractivity contribution in [3.8, 4) is 0 Å². The first kappa shape index (κ1) is 20.6. The van der Waals surface area contributed by atoms with Crippen LogP contribution in [0.2, 0.25) is 0 Å². The third kappa shape index (κ3) is 5.29. The number of hydrogen-bond donors (Lipinski definition) is 1. The minimum atomic E-state index is -0.0418. The molecule has 5 nitrogen and oxygen atoms in total. The summed E-state index contributed by atoms with van der Waals surface area (Å²) >= 11 is 6.69. The second kappa shape index (κ2) is 9.91. The van der Waals surface area contributed by atoms with E-state index in [0.29, 0.717) is 11.8 Å². The molecule has 2 aromatic heterocycles. The second-order valence-corrected chi connectivity index (χ2v) is 9.96. The van der Waals surface area contributed by atoms with Gasteiger partial charge < -0.3 is 9.88 Å². The maximum absolute atomic E-state index is 12.5. The summed E-state index contributed by atoms with van der Waals surface area (Å²) in [6, 6.07) is 12.3. The Morgan fingerprint density at radius 2 is 2.00 bits per heavy atom. The van der Waals surface area contributed by atoms with E-state index in [2.05, 4.69) is 53.5 Å². The number of carbonyl (C=O) groups is 1. The van der Waals surface area contributed by atoms with Crippen molar-refractivity contribution in [2.24, 2.45) is 0 Å². The number of para-hydroxylation sites is 1. The molecule has 1 saturated carbocycles. The number of amides is 1. The summed E-state index contributed by atoms with van der Waals surface area (Å²) in [5, 5.41) is 14.9. The van der Waals surface area contributed by atoms with Gasteiger partial charge in [-0.3, -0.25) is 4.79 Å². The average Bonchev–Trinajstić information content (AvgIpc) is 3.39. The number of halogens is 1. The monoisotopic (exact) mass is 490 g/mol. The summed E-state index contributed by atoms with van der Waals surface area (Å²) in [6.45, 7) is 0. The van der Waals surface area contributed by atoms with Crippen LogP contribution in [0.5, 0.6) is 0 Å². The van der Waals surface area contributed by atoms with E-state index in [1.54, 1.807) is 11.3 Å². The Hall–Kier alpha value is -1.64. The SMILES string of the molecule is O=C(CSc1nnc(Cc2cccs2)n1C1CCCCC1)Nc1ccccc1Br. The van der Waals surface area contributed by atoms with E-state index in [1.165, 1.54) is 35.9 Å². The van der Waals surface area contributed by atoms with Gasteiger partial charge in [0.15, 0.2) is 5.16 Å². The van der Waals surface area contributed by atoms with Gasteiger partial charge in [-0.1, -0.05) is 49.2 Å². The van der Waals surface area contributed by atoms with Gasteiger partial charge in [-0.25, -0.2) is 0 Å². The van der Waals surface area contributed by atoms with Gasteiger partial charge in [-0.15, -0.1) is 21.5 Å². The fourth-order valence-corrected chi connectivity index (χ4v) is 5.59. The number of hydrogen-bond acceptors (Lipinski definition) is 5.